The molecule has 3 atom stereocenters. The molecular weight excluding hydrogens is 780 g/mol. The summed E-state index contributed by atoms with van der Waals surface area (Å²) in [5, 5.41) is 13.6. The highest BCUT2D eigenvalue weighted by atomic mass is 31.2. The van der Waals surface area contributed by atoms with Gasteiger partial charge in [-0.25, -0.2) is 0 Å². The summed E-state index contributed by atoms with van der Waals surface area (Å²) in [5.74, 6) is -0.281. The molecular formula is C52H83N2O6P. The summed E-state index contributed by atoms with van der Waals surface area (Å²) in [5.41, 5.74) is 0. The van der Waals surface area contributed by atoms with Crippen molar-refractivity contribution in [3.05, 3.63) is 146 Å². The smallest absolute Gasteiger partial charge is 0.268 e. The van der Waals surface area contributed by atoms with E-state index >= 15 is 0 Å². The number of allylic oxidation sites excluding steroid dienone is 23. The average Bonchev–Trinajstić information content (AvgIpc) is 3.21. The SMILES string of the molecule is CC/C=C\C/C=C\C/C=C\C/C=C\C/C=C\C/C=C\C/C=C\C/C=C\C/C=C\CCCC(=O)NC(COP(=O)([O-])OCC[N+](C)(C)C)C(O)/C=C/CC/C=C/CC/C=C/CC. The van der Waals surface area contributed by atoms with Gasteiger partial charge < -0.3 is 28.8 Å². The van der Waals surface area contributed by atoms with E-state index in [1.807, 2.05) is 27.2 Å². The highest BCUT2D eigenvalue weighted by molar-refractivity contribution is 7.45. The molecule has 0 fully saturated rings. The first-order valence-corrected chi connectivity index (χ1v) is 24.2. The van der Waals surface area contributed by atoms with E-state index in [0.717, 1.165) is 89.9 Å². The highest BCUT2D eigenvalue weighted by Crippen LogP contribution is 2.38. The van der Waals surface area contributed by atoms with Crippen LogP contribution in [0.15, 0.2) is 146 Å². The Bertz CT molecular complexity index is 1490. The average molecular weight is 863 g/mol. The van der Waals surface area contributed by atoms with Crippen molar-refractivity contribution in [1.82, 2.24) is 5.32 Å². The third kappa shape index (κ3) is 44.3. The van der Waals surface area contributed by atoms with E-state index in [1.165, 1.54) is 0 Å². The Morgan fingerprint density at radius 3 is 1.36 bits per heavy atom. The molecule has 0 aliphatic rings. The molecule has 0 aliphatic heterocycles. The molecule has 2 N–H and O–H groups in total. The lowest BCUT2D eigenvalue weighted by Gasteiger charge is -2.29. The highest BCUT2D eigenvalue weighted by Gasteiger charge is 2.23. The predicted molar refractivity (Wildman–Crippen MR) is 260 cm³/mol. The molecule has 0 heterocycles. The maximum Gasteiger partial charge on any atom is 0.268 e. The molecule has 61 heavy (non-hydrogen) atoms. The molecule has 0 radical (unpaired) electrons. The minimum absolute atomic E-state index is 0.0295. The first-order valence-electron chi connectivity index (χ1n) is 22.7. The molecule has 1 amide bonds. The van der Waals surface area contributed by atoms with E-state index in [4.69, 9.17) is 9.05 Å². The number of hydrogen-bond donors (Lipinski definition) is 2. The second kappa shape index (κ2) is 41.7. The number of quaternary nitrogens is 1. The molecule has 3 unspecified atom stereocenters. The number of amides is 1. The van der Waals surface area contributed by atoms with Crippen molar-refractivity contribution in [1.29, 1.82) is 0 Å². The molecule has 0 bridgehead atoms. The number of rotatable bonds is 38. The van der Waals surface area contributed by atoms with Crippen molar-refractivity contribution in [2.24, 2.45) is 0 Å². The lowest BCUT2D eigenvalue weighted by atomic mass is 10.1. The van der Waals surface area contributed by atoms with Gasteiger partial charge in [-0.3, -0.25) is 9.36 Å². The van der Waals surface area contributed by atoms with Crippen LogP contribution in [-0.4, -0.2) is 68.5 Å². The van der Waals surface area contributed by atoms with Crippen molar-refractivity contribution in [2.75, 3.05) is 40.9 Å². The molecule has 342 valence electrons. The van der Waals surface area contributed by atoms with Crippen LogP contribution in [0.5, 0.6) is 0 Å². The molecule has 0 rings (SSSR count). The third-order valence-corrected chi connectivity index (χ3v) is 9.74. The van der Waals surface area contributed by atoms with Crippen LogP contribution in [0.3, 0.4) is 0 Å². The van der Waals surface area contributed by atoms with Crippen LogP contribution in [-0.2, 0) is 18.4 Å². The maximum atomic E-state index is 12.8. The van der Waals surface area contributed by atoms with Crippen molar-refractivity contribution in [2.45, 2.75) is 135 Å². The Morgan fingerprint density at radius 2 is 0.934 bits per heavy atom. The molecule has 0 spiro atoms. The number of aliphatic hydroxyl groups is 1. The number of carbonyl (C=O) groups excluding carboxylic acids is 1. The van der Waals surface area contributed by atoms with Gasteiger partial charge in [-0.05, 0) is 103 Å². The van der Waals surface area contributed by atoms with Gasteiger partial charge in [0.25, 0.3) is 7.82 Å². The summed E-state index contributed by atoms with van der Waals surface area (Å²) in [7, 11) is 1.16. The van der Waals surface area contributed by atoms with Gasteiger partial charge in [-0.1, -0.05) is 160 Å². The van der Waals surface area contributed by atoms with Crippen molar-refractivity contribution >= 4 is 13.7 Å². The van der Waals surface area contributed by atoms with Crippen LogP contribution in [0.2, 0.25) is 0 Å². The van der Waals surface area contributed by atoms with Crippen LogP contribution < -0.4 is 10.2 Å². The van der Waals surface area contributed by atoms with Gasteiger partial charge in [0.1, 0.15) is 13.2 Å². The quantitative estimate of drug-likeness (QED) is 0.0277. The predicted octanol–water partition coefficient (Wildman–Crippen LogP) is 12.4. The Hall–Kier alpha value is -3.62. The number of nitrogens with zero attached hydrogens (tertiary/aromatic N) is 1. The van der Waals surface area contributed by atoms with Crippen LogP contribution in [0, 0.1) is 0 Å². The molecule has 8 nitrogen and oxygen atoms in total. The number of aliphatic hydroxyl groups excluding tert-OH is 1. The van der Waals surface area contributed by atoms with Crippen LogP contribution in [0.1, 0.15) is 123 Å². The molecule has 0 aliphatic carbocycles. The van der Waals surface area contributed by atoms with Crippen LogP contribution >= 0.6 is 7.82 Å². The third-order valence-electron chi connectivity index (χ3n) is 8.77. The van der Waals surface area contributed by atoms with Gasteiger partial charge in [0, 0.05) is 6.42 Å². The normalized spacial score (nSPS) is 15.6. The van der Waals surface area contributed by atoms with Crippen LogP contribution in [0.4, 0.5) is 0 Å². The summed E-state index contributed by atoms with van der Waals surface area (Å²) in [6.07, 6.45) is 65.0. The lowest BCUT2D eigenvalue weighted by molar-refractivity contribution is -0.870. The van der Waals surface area contributed by atoms with E-state index < -0.39 is 26.6 Å². The minimum atomic E-state index is -4.62. The summed E-state index contributed by atoms with van der Waals surface area (Å²) >= 11 is 0. The molecule has 0 saturated carbocycles. The zero-order valence-electron chi connectivity index (χ0n) is 38.5. The van der Waals surface area contributed by atoms with Gasteiger partial charge in [-0.15, -0.1) is 0 Å². The van der Waals surface area contributed by atoms with E-state index in [-0.39, 0.29) is 18.9 Å². The number of likely N-dealkylation sites (N-methyl/N-ethyl adjacent to an activating group) is 1. The summed E-state index contributed by atoms with van der Waals surface area (Å²) in [4.78, 5) is 25.2. The fourth-order valence-electron chi connectivity index (χ4n) is 5.25. The van der Waals surface area contributed by atoms with E-state index in [9.17, 15) is 19.4 Å². The monoisotopic (exact) mass is 863 g/mol. The molecule has 9 heteroatoms. The van der Waals surface area contributed by atoms with Crippen LogP contribution in [0.25, 0.3) is 0 Å². The van der Waals surface area contributed by atoms with Crippen molar-refractivity contribution < 1.29 is 32.9 Å². The van der Waals surface area contributed by atoms with E-state index in [2.05, 4.69) is 153 Å². The van der Waals surface area contributed by atoms with E-state index in [0.29, 0.717) is 23.9 Å². The number of phosphoric acid groups is 1. The number of phosphoric ester groups is 1. The molecule has 0 saturated heterocycles. The van der Waals surface area contributed by atoms with E-state index in [1.54, 1.807) is 6.08 Å². The molecule has 0 aromatic rings. The van der Waals surface area contributed by atoms with Gasteiger partial charge in [0.05, 0.1) is 39.9 Å². The number of hydrogen-bond acceptors (Lipinski definition) is 6. The zero-order chi connectivity index (χ0) is 45.0. The second-order valence-corrected chi connectivity index (χ2v) is 17.0. The summed E-state index contributed by atoms with van der Waals surface area (Å²) in [6, 6.07) is -0.950. The number of nitrogens with one attached hydrogen (secondary N) is 1. The fourth-order valence-corrected chi connectivity index (χ4v) is 5.97. The Labute approximate surface area is 372 Å². The second-order valence-electron chi connectivity index (χ2n) is 15.6. The first kappa shape index (κ1) is 57.4. The van der Waals surface area contributed by atoms with Gasteiger partial charge >= 0.3 is 0 Å². The zero-order valence-corrected chi connectivity index (χ0v) is 39.4. The topological polar surface area (TPSA) is 108 Å². The Kier molecular flexibility index (Phi) is 39.2. The Morgan fingerprint density at radius 1 is 0.574 bits per heavy atom. The fraction of sp³-hybridized carbons (Fsp3) is 0.519. The number of unbranched alkanes of at least 4 members (excludes halogenated alkanes) is 3. The number of carbonyl (C=O) groups is 1. The summed E-state index contributed by atoms with van der Waals surface area (Å²) in [6.45, 7) is 4.28. The molecule has 0 aromatic heterocycles. The first-order chi connectivity index (χ1) is 29.5. The van der Waals surface area contributed by atoms with Crippen molar-refractivity contribution in [3.8, 4) is 0 Å². The maximum absolute atomic E-state index is 12.8. The lowest BCUT2D eigenvalue weighted by Crippen LogP contribution is -2.45. The van der Waals surface area contributed by atoms with Gasteiger partial charge in [-0.2, -0.15) is 0 Å². The van der Waals surface area contributed by atoms with Gasteiger partial charge in [0.2, 0.25) is 5.91 Å². The summed E-state index contributed by atoms with van der Waals surface area (Å²) < 4.78 is 23.1. The largest absolute Gasteiger partial charge is 0.756 e. The minimum Gasteiger partial charge on any atom is -0.756 e. The van der Waals surface area contributed by atoms with Crippen molar-refractivity contribution in [3.63, 3.8) is 0 Å². The molecule has 0 aromatic carbocycles. The standard InChI is InChI=1S/C52H83N2O6P/c1-6-8-10-12-14-16-18-19-20-21-22-23-24-25-26-27-28-29-30-31-32-33-34-35-36-38-40-42-44-46-52(56)53-50(49-60-61(57,58)59-48-47-54(3,4)5)51(55)45-43-41-39-37-17-15-13-11-9-7-2/h8-11,14,16-17,19-20,22-23,25-26,28-29,31-32,34-35,37-38,40,43,45,50-51,55H,6-7,12-13,15,18,21,24,27,30,33,36,39,41-42,44,46-49H2,1-5H3,(H-,53,56,57,58)/b10-8-,11-9+,16-14-,20-19-,23-22-,26-25-,29-28-,32-31-,35-34-,37-17+,40-38-,45-43+. The Balaban J connectivity index is 4.44. The van der Waals surface area contributed by atoms with Gasteiger partial charge in [0.15, 0.2) is 0 Å².